The summed E-state index contributed by atoms with van der Waals surface area (Å²) in [4.78, 5) is 15.9. The molecule has 0 atom stereocenters. The van der Waals surface area contributed by atoms with Crippen molar-refractivity contribution in [2.45, 2.75) is 13.5 Å². The number of nitrogens with one attached hydrogen (secondary N) is 1. The highest BCUT2D eigenvalue weighted by Crippen LogP contribution is 2.19. The van der Waals surface area contributed by atoms with Crippen LogP contribution in [0.1, 0.15) is 22.0 Å². The van der Waals surface area contributed by atoms with Gasteiger partial charge in [-0.2, -0.15) is 0 Å². The minimum absolute atomic E-state index is 0.231. The van der Waals surface area contributed by atoms with Gasteiger partial charge in [-0.1, -0.05) is 0 Å². The minimum Gasteiger partial charge on any atom is -0.444 e. The fourth-order valence-corrected chi connectivity index (χ4v) is 1.88. The largest absolute Gasteiger partial charge is 0.444 e. The second-order valence-electron chi connectivity index (χ2n) is 3.79. The lowest BCUT2D eigenvalue weighted by Gasteiger charge is -2.06. The maximum Gasteiger partial charge on any atom is 0.252 e. The summed E-state index contributed by atoms with van der Waals surface area (Å²) in [7, 11) is 0. The number of anilines is 1. The Bertz CT molecular complexity index is 580. The Labute approximate surface area is 113 Å². The van der Waals surface area contributed by atoms with Crippen LogP contribution in [0.5, 0.6) is 0 Å². The molecule has 18 heavy (non-hydrogen) atoms. The Balaban J connectivity index is 2.05. The molecule has 2 rings (SSSR count). The number of rotatable bonds is 3. The molecular weight excluding hydrogens is 298 g/mol. The third-order valence-corrected chi connectivity index (χ3v) is 3.00. The maximum atomic E-state index is 11.9. The van der Waals surface area contributed by atoms with E-state index in [1.54, 1.807) is 31.3 Å². The van der Waals surface area contributed by atoms with Crippen molar-refractivity contribution in [3.63, 3.8) is 0 Å². The quantitative estimate of drug-likeness (QED) is 0.852. The molecule has 3 N–H and O–H groups in total. The smallest absolute Gasteiger partial charge is 0.252 e. The fraction of sp³-hybridized carbons (Fsp3) is 0.167. The van der Waals surface area contributed by atoms with Crippen molar-refractivity contribution in [3.05, 3.63) is 46.1 Å². The van der Waals surface area contributed by atoms with Crippen molar-refractivity contribution < 1.29 is 9.21 Å². The maximum absolute atomic E-state index is 11.9. The van der Waals surface area contributed by atoms with E-state index in [4.69, 9.17) is 10.2 Å². The van der Waals surface area contributed by atoms with E-state index in [1.807, 2.05) is 0 Å². The number of aromatic nitrogens is 1. The lowest BCUT2D eigenvalue weighted by Crippen LogP contribution is -2.23. The molecule has 0 aliphatic rings. The molecule has 1 aromatic heterocycles. The second kappa shape index (κ2) is 5.22. The first kappa shape index (κ1) is 12.6. The van der Waals surface area contributed by atoms with Crippen LogP contribution in [0.2, 0.25) is 0 Å². The predicted octanol–water partition coefficient (Wildman–Crippen LogP) is 2.26. The van der Waals surface area contributed by atoms with Crippen LogP contribution in [0.15, 0.2) is 33.3 Å². The molecule has 0 fully saturated rings. The zero-order chi connectivity index (χ0) is 13.1. The second-order valence-corrected chi connectivity index (χ2v) is 4.64. The third-order valence-electron chi connectivity index (χ3n) is 2.30. The van der Waals surface area contributed by atoms with E-state index in [0.29, 0.717) is 27.4 Å². The molecule has 0 spiro atoms. The van der Waals surface area contributed by atoms with Gasteiger partial charge in [-0.3, -0.25) is 4.79 Å². The summed E-state index contributed by atoms with van der Waals surface area (Å²) in [5, 5.41) is 2.72. The lowest BCUT2D eigenvalue weighted by molar-refractivity contribution is 0.0946. The molecule has 6 heteroatoms. The first-order valence-electron chi connectivity index (χ1n) is 5.31. The summed E-state index contributed by atoms with van der Waals surface area (Å²) in [6, 6.07) is 5.07. The van der Waals surface area contributed by atoms with E-state index < -0.39 is 0 Å². The fourth-order valence-electron chi connectivity index (χ4n) is 1.45. The molecule has 0 aliphatic heterocycles. The Morgan fingerprint density at radius 1 is 1.56 bits per heavy atom. The summed E-state index contributed by atoms with van der Waals surface area (Å²) < 4.78 is 5.95. The third kappa shape index (κ3) is 2.89. The van der Waals surface area contributed by atoms with Crippen molar-refractivity contribution in [1.29, 1.82) is 0 Å². The number of hydrogen-bond acceptors (Lipinski definition) is 4. The molecule has 1 amide bonds. The molecule has 1 heterocycles. The van der Waals surface area contributed by atoms with Crippen LogP contribution < -0.4 is 11.1 Å². The number of hydrogen-bond donors (Lipinski definition) is 2. The molecule has 5 nitrogen and oxygen atoms in total. The molecule has 94 valence electrons. The molecule has 0 unspecified atom stereocenters. The van der Waals surface area contributed by atoms with E-state index in [1.165, 1.54) is 0 Å². The van der Waals surface area contributed by atoms with Crippen molar-refractivity contribution in [2.75, 3.05) is 5.73 Å². The molecule has 0 saturated heterocycles. The molecule has 2 aromatic rings. The first-order valence-corrected chi connectivity index (χ1v) is 6.10. The van der Waals surface area contributed by atoms with Crippen LogP contribution in [0.4, 0.5) is 5.69 Å². The van der Waals surface area contributed by atoms with Gasteiger partial charge in [0, 0.05) is 10.2 Å². The number of oxazole rings is 1. The van der Waals surface area contributed by atoms with Gasteiger partial charge < -0.3 is 15.5 Å². The van der Waals surface area contributed by atoms with Gasteiger partial charge in [0.25, 0.3) is 5.91 Å². The van der Waals surface area contributed by atoms with Crippen LogP contribution in [-0.2, 0) is 6.54 Å². The van der Waals surface area contributed by atoms with Gasteiger partial charge >= 0.3 is 0 Å². The van der Waals surface area contributed by atoms with Crippen molar-refractivity contribution in [3.8, 4) is 0 Å². The molecule has 0 radical (unpaired) electrons. The van der Waals surface area contributed by atoms with Gasteiger partial charge in [-0.05, 0) is 41.1 Å². The van der Waals surface area contributed by atoms with Crippen molar-refractivity contribution >= 4 is 27.5 Å². The molecule has 0 saturated carbocycles. The van der Waals surface area contributed by atoms with E-state index in [2.05, 4.69) is 26.2 Å². The van der Waals surface area contributed by atoms with Crippen molar-refractivity contribution in [1.82, 2.24) is 10.3 Å². The first-order chi connectivity index (χ1) is 8.56. The van der Waals surface area contributed by atoms with Crippen LogP contribution in [0.3, 0.4) is 0 Å². The van der Waals surface area contributed by atoms with Gasteiger partial charge in [0.15, 0.2) is 0 Å². The van der Waals surface area contributed by atoms with Gasteiger partial charge in [-0.25, -0.2) is 4.98 Å². The average molecular weight is 310 g/mol. The number of carbonyl (C=O) groups excluding carboxylic acids is 1. The number of halogens is 1. The molecule has 1 aromatic carbocycles. The monoisotopic (exact) mass is 309 g/mol. The van der Waals surface area contributed by atoms with E-state index in [0.717, 1.165) is 0 Å². The van der Waals surface area contributed by atoms with Crippen LogP contribution in [0, 0.1) is 6.92 Å². The van der Waals surface area contributed by atoms with Crippen LogP contribution >= 0.6 is 15.9 Å². The number of nitrogen functional groups attached to an aromatic ring is 1. The minimum atomic E-state index is -0.231. The number of carbonyl (C=O) groups is 1. The van der Waals surface area contributed by atoms with Crippen molar-refractivity contribution in [2.24, 2.45) is 0 Å². The zero-order valence-corrected chi connectivity index (χ0v) is 11.3. The van der Waals surface area contributed by atoms with Gasteiger partial charge in [-0.15, -0.1) is 0 Å². The summed E-state index contributed by atoms with van der Waals surface area (Å²) in [5.74, 6) is 0.954. The Morgan fingerprint density at radius 2 is 2.33 bits per heavy atom. The number of amides is 1. The van der Waals surface area contributed by atoms with Crippen LogP contribution in [-0.4, -0.2) is 10.9 Å². The van der Waals surface area contributed by atoms with E-state index in [9.17, 15) is 4.79 Å². The average Bonchev–Trinajstić information content (AvgIpc) is 2.75. The molecular formula is C12H12BrN3O2. The summed E-state index contributed by atoms with van der Waals surface area (Å²) >= 11 is 3.31. The number of nitrogens with two attached hydrogens (primary N) is 1. The summed E-state index contributed by atoms with van der Waals surface area (Å²) in [6.07, 6.45) is 1.61. The summed E-state index contributed by atoms with van der Waals surface area (Å²) in [6.45, 7) is 2.04. The standard InChI is InChI=1S/C12H12BrN3O2/c1-7-5-15-11(18-7)6-16-12(17)9-4-8(14)2-3-10(9)13/h2-5H,6,14H2,1H3,(H,16,17). The normalized spacial score (nSPS) is 10.3. The Morgan fingerprint density at radius 3 is 3.00 bits per heavy atom. The Kier molecular flexibility index (Phi) is 3.66. The van der Waals surface area contributed by atoms with Gasteiger partial charge in [0.05, 0.1) is 18.3 Å². The number of benzene rings is 1. The highest BCUT2D eigenvalue weighted by molar-refractivity contribution is 9.10. The van der Waals surface area contributed by atoms with Gasteiger partial charge in [0.2, 0.25) is 5.89 Å². The highest BCUT2D eigenvalue weighted by atomic mass is 79.9. The van der Waals surface area contributed by atoms with E-state index in [-0.39, 0.29) is 12.5 Å². The lowest BCUT2D eigenvalue weighted by atomic mass is 10.2. The zero-order valence-electron chi connectivity index (χ0n) is 9.74. The van der Waals surface area contributed by atoms with Crippen LogP contribution in [0.25, 0.3) is 0 Å². The molecule has 0 aliphatic carbocycles. The van der Waals surface area contributed by atoms with Gasteiger partial charge in [0.1, 0.15) is 5.76 Å². The Hall–Kier alpha value is -1.82. The number of aryl methyl sites for hydroxylation is 1. The summed E-state index contributed by atoms with van der Waals surface area (Å²) in [5.41, 5.74) is 6.67. The molecule has 0 bridgehead atoms. The van der Waals surface area contributed by atoms with E-state index >= 15 is 0 Å². The predicted molar refractivity (Wildman–Crippen MR) is 71.0 cm³/mol. The SMILES string of the molecule is Cc1cnc(CNC(=O)c2cc(N)ccc2Br)o1. The number of nitrogens with zero attached hydrogens (tertiary/aromatic N) is 1. The topological polar surface area (TPSA) is 81.2 Å². The highest BCUT2D eigenvalue weighted by Gasteiger charge is 2.11.